The van der Waals surface area contributed by atoms with Gasteiger partial charge in [-0.3, -0.25) is 10.1 Å². The van der Waals surface area contributed by atoms with E-state index in [9.17, 15) is 4.79 Å². The van der Waals surface area contributed by atoms with Crippen LogP contribution in [0, 0.1) is 5.92 Å². The zero-order valence-electron chi connectivity index (χ0n) is 11.7. The van der Waals surface area contributed by atoms with E-state index < -0.39 is 0 Å². The molecule has 0 aromatic carbocycles. The number of aromatic nitrogens is 4. The number of anilines is 1. The van der Waals surface area contributed by atoms with Crippen molar-refractivity contribution in [1.82, 2.24) is 19.9 Å². The predicted molar refractivity (Wildman–Crippen MR) is 81.1 cm³/mol. The van der Waals surface area contributed by atoms with Gasteiger partial charge in [0.1, 0.15) is 5.52 Å². The van der Waals surface area contributed by atoms with E-state index in [2.05, 4.69) is 25.3 Å². The van der Waals surface area contributed by atoms with E-state index in [0.717, 1.165) is 6.42 Å². The van der Waals surface area contributed by atoms with E-state index in [-0.39, 0.29) is 17.0 Å². The number of nitrogens with one attached hydrogen (secondary N) is 2. The van der Waals surface area contributed by atoms with Gasteiger partial charge in [-0.25, -0.2) is 4.98 Å². The number of aromatic amines is 1. The van der Waals surface area contributed by atoms with Gasteiger partial charge in [-0.1, -0.05) is 43.7 Å². The van der Waals surface area contributed by atoms with Crippen molar-refractivity contribution >= 4 is 34.6 Å². The van der Waals surface area contributed by atoms with Crippen molar-refractivity contribution in [3.05, 3.63) is 11.5 Å². The van der Waals surface area contributed by atoms with Gasteiger partial charge in [-0.05, 0) is 12.3 Å². The summed E-state index contributed by atoms with van der Waals surface area (Å²) < 4.78 is 0. The van der Waals surface area contributed by atoms with Crippen LogP contribution in [-0.2, 0) is 4.79 Å². The van der Waals surface area contributed by atoms with Crippen molar-refractivity contribution in [2.45, 2.75) is 44.9 Å². The Labute approximate surface area is 127 Å². The van der Waals surface area contributed by atoms with Crippen LogP contribution in [0.25, 0.3) is 11.2 Å². The Morgan fingerprint density at radius 3 is 2.95 bits per heavy atom. The first-order valence-corrected chi connectivity index (χ1v) is 7.76. The predicted octanol–water partition coefficient (Wildman–Crippen LogP) is 3.31. The van der Waals surface area contributed by atoms with Crippen LogP contribution in [0.2, 0.25) is 5.15 Å². The number of amides is 1. The molecule has 2 aromatic heterocycles. The molecule has 0 unspecified atom stereocenters. The van der Waals surface area contributed by atoms with Crippen molar-refractivity contribution < 1.29 is 4.79 Å². The van der Waals surface area contributed by atoms with Gasteiger partial charge >= 0.3 is 0 Å². The number of nitrogens with zero attached hydrogens (tertiary/aromatic N) is 3. The maximum Gasteiger partial charge on any atom is 0.233 e. The number of halogens is 1. The molecule has 21 heavy (non-hydrogen) atoms. The molecule has 0 atom stereocenters. The fourth-order valence-corrected chi connectivity index (χ4v) is 3.07. The molecular formula is C14H18ClN5O. The second-order valence-electron chi connectivity index (χ2n) is 5.53. The third-order valence-electron chi connectivity index (χ3n) is 4.00. The molecule has 7 heteroatoms. The molecule has 0 aliphatic heterocycles. The quantitative estimate of drug-likeness (QED) is 0.849. The number of carbonyl (C=O) groups excluding carboxylic acids is 1. The Morgan fingerprint density at radius 2 is 2.14 bits per heavy atom. The van der Waals surface area contributed by atoms with Crippen molar-refractivity contribution in [2.24, 2.45) is 5.92 Å². The van der Waals surface area contributed by atoms with E-state index in [1.165, 1.54) is 38.4 Å². The molecule has 1 fully saturated rings. The summed E-state index contributed by atoms with van der Waals surface area (Å²) in [5.74, 6) is 0.836. The number of imidazole rings is 1. The fraction of sp³-hybridized carbons (Fsp3) is 0.571. The second kappa shape index (κ2) is 6.39. The Kier molecular flexibility index (Phi) is 4.34. The summed E-state index contributed by atoms with van der Waals surface area (Å²) in [5.41, 5.74) is 1.04. The number of hydrogen-bond acceptors (Lipinski definition) is 4. The number of hydrogen-bond donors (Lipinski definition) is 2. The van der Waals surface area contributed by atoms with E-state index in [0.29, 0.717) is 23.5 Å². The molecule has 0 radical (unpaired) electrons. The summed E-state index contributed by atoms with van der Waals surface area (Å²) in [6.45, 7) is 0. The average molecular weight is 308 g/mol. The van der Waals surface area contributed by atoms with Gasteiger partial charge in [0.2, 0.25) is 11.9 Å². The summed E-state index contributed by atoms with van der Waals surface area (Å²) in [5, 5.41) is 2.97. The van der Waals surface area contributed by atoms with Crippen LogP contribution < -0.4 is 5.32 Å². The van der Waals surface area contributed by atoms with Crippen molar-refractivity contribution in [3.63, 3.8) is 0 Å². The smallest absolute Gasteiger partial charge is 0.233 e. The van der Waals surface area contributed by atoms with E-state index in [4.69, 9.17) is 11.6 Å². The maximum atomic E-state index is 12.0. The molecule has 112 valence electrons. The first-order valence-electron chi connectivity index (χ1n) is 7.39. The minimum absolute atomic E-state index is 0.0634. The lowest BCUT2D eigenvalue weighted by atomic mass is 9.86. The van der Waals surface area contributed by atoms with Gasteiger partial charge in [-0.15, -0.1) is 0 Å². The molecule has 1 aliphatic carbocycles. The highest BCUT2D eigenvalue weighted by Gasteiger charge is 2.16. The first-order chi connectivity index (χ1) is 10.2. The molecule has 2 N–H and O–H groups in total. The highest BCUT2D eigenvalue weighted by Crippen LogP contribution is 2.27. The average Bonchev–Trinajstić information content (AvgIpc) is 2.95. The van der Waals surface area contributed by atoms with Crippen molar-refractivity contribution in [1.29, 1.82) is 0 Å². The van der Waals surface area contributed by atoms with Crippen LogP contribution in [0.1, 0.15) is 44.9 Å². The van der Waals surface area contributed by atoms with E-state index in [1.54, 1.807) is 0 Å². The van der Waals surface area contributed by atoms with Gasteiger partial charge in [-0.2, -0.15) is 9.97 Å². The van der Waals surface area contributed by atoms with Crippen LogP contribution in [-0.4, -0.2) is 25.8 Å². The Bertz CT molecular complexity index is 635. The normalized spacial score (nSPS) is 16.2. The van der Waals surface area contributed by atoms with Crippen LogP contribution in [0.4, 0.5) is 5.95 Å². The third kappa shape index (κ3) is 3.50. The maximum absolute atomic E-state index is 12.0. The molecule has 0 bridgehead atoms. The summed E-state index contributed by atoms with van der Waals surface area (Å²) in [6, 6.07) is 0. The fourth-order valence-electron chi connectivity index (χ4n) is 2.85. The summed E-state index contributed by atoms with van der Waals surface area (Å²) >= 11 is 6.01. The largest absolute Gasteiger partial charge is 0.341 e. The monoisotopic (exact) mass is 307 g/mol. The van der Waals surface area contributed by atoms with Gasteiger partial charge in [0, 0.05) is 6.42 Å². The molecule has 1 amide bonds. The molecule has 2 heterocycles. The van der Waals surface area contributed by atoms with Crippen LogP contribution in [0.5, 0.6) is 0 Å². The number of fused-ring (bicyclic) bond motifs is 1. The number of H-pyrrole nitrogens is 1. The Morgan fingerprint density at radius 1 is 1.33 bits per heavy atom. The third-order valence-corrected chi connectivity index (χ3v) is 4.27. The lowest BCUT2D eigenvalue weighted by Crippen LogP contribution is -2.16. The standard InChI is InChI=1S/C14H18ClN5O/c15-12-11-13(17-8-16-11)20-14(19-12)18-10(21)7-6-9-4-2-1-3-5-9/h8-9H,1-7H2,(H2,16,17,18,19,20,21). The van der Waals surface area contributed by atoms with E-state index in [1.807, 2.05) is 0 Å². The zero-order valence-corrected chi connectivity index (χ0v) is 12.5. The van der Waals surface area contributed by atoms with Gasteiger partial charge in [0.05, 0.1) is 6.33 Å². The Hall–Kier alpha value is -1.69. The molecular weight excluding hydrogens is 290 g/mol. The molecule has 0 spiro atoms. The van der Waals surface area contributed by atoms with Crippen LogP contribution in [0.15, 0.2) is 6.33 Å². The SMILES string of the molecule is O=C(CCC1CCCCC1)Nc1nc(Cl)c2[nH]cnc2n1. The molecule has 0 saturated heterocycles. The molecule has 1 aliphatic rings. The summed E-state index contributed by atoms with van der Waals surface area (Å²) in [7, 11) is 0. The molecule has 1 saturated carbocycles. The minimum Gasteiger partial charge on any atom is -0.341 e. The molecule has 6 nitrogen and oxygen atoms in total. The minimum atomic E-state index is -0.0634. The lowest BCUT2D eigenvalue weighted by Gasteiger charge is -2.20. The second-order valence-corrected chi connectivity index (χ2v) is 5.89. The number of rotatable bonds is 4. The highest BCUT2D eigenvalue weighted by molar-refractivity contribution is 6.33. The molecule has 2 aromatic rings. The Balaban J connectivity index is 1.57. The van der Waals surface area contributed by atoms with Gasteiger partial charge < -0.3 is 4.98 Å². The molecule has 3 rings (SSSR count). The van der Waals surface area contributed by atoms with Crippen molar-refractivity contribution in [3.8, 4) is 0 Å². The zero-order chi connectivity index (χ0) is 14.7. The van der Waals surface area contributed by atoms with E-state index >= 15 is 0 Å². The lowest BCUT2D eigenvalue weighted by molar-refractivity contribution is -0.116. The highest BCUT2D eigenvalue weighted by atomic mass is 35.5. The summed E-state index contributed by atoms with van der Waals surface area (Å²) in [6.07, 6.45) is 9.35. The topological polar surface area (TPSA) is 83.6 Å². The van der Waals surface area contributed by atoms with Crippen LogP contribution in [0.3, 0.4) is 0 Å². The first kappa shape index (κ1) is 14.3. The van der Waals surface area contributed by atoms with Crippen molar-refractivity contribution in [2.75, 3.05) is 5.32 Å². The summed E-state index contributed by atoms with van der Waals surface area (Å²) in [4.78, 5) is 27.1. The number of carbonyl (C=O) groups is 1. The van der Waals surface area contributed by atoms with Gasteiger partial charge in [0.25, 0.3) is 0 Å². The van der Waals surface area contributed by atoms with Crippen LogP contribution >= 0.6 is 11.6 Å². The van der Waals surface area contributed by atoms with Gasteiger partial charge in [0.15, 0.2) is 10.8 Å².